The summed E-state index contributed by atoms with van der Waals surface area (Å²) >= 11 is 0. The van der Waals surface area contributed by atoms with Gasteiger partial charge in [-0.25, -0.2) is 24.9 Å². The highest BCUT2D eigenvalue weighted by atomic mass is 16.5. The van der Waals surface area contributed by atoms with Crippen LogP contribution in [0.2, 0.25) is 0 Å². The van der Waals surface area contributed by atoms with Gasteiger partial charge in [-0.2, -0.15) is 0 Å². The lowest BCUT2D eigenvalue weighted by atomic mass is 10.1. The van der Waals surface area contributed by atoms with E-state index in [4.69, 9.17) is 24.7 Å². The number of aliphatic hydroxyl groups excluding tert-OH is 1. The van der Waals surface area contributed by atoms with Crippen molar-refractivity contribution >= 4 is 33.4 Å². The number of aliphatic hydroxyl groups is 1. The van der Waals surface area contributed by atoms with Crippen LogP contribution in [-0.2, 0) is 12.8 Å². The molecule has 0 aliphatic rings. The van der Waals surface area contributed by atoms with E-state index >= 15 is 0 Å². The summed E-state index contributed by atoms with van der Waals surface area (Å²) in [5.74, 6) is 2.95. The Morgan fingerprint density at radius 3 is 1.67 bits per heavy atom. The van der Waals surface area contributed by atoms with E-state index < -0.39 is 0 Å². The number of aromatic nitrogens is 6. The summed E-state index contributed by atoms with van der Waals surface area (Å²) in [7, 11) is 0. The summed E-state index contributed by atoms with van der Waals surface area (Å²) < 4.78 is 6.44. The molecule has 8 rings (SSSR count). The predicted molar refractivity (Wildman–Crippen MR) is 213 cm³/mol. The second kappa shape index (κ2) is 16.3. The van der Waals surface area contributed by atoms with Gasteiger partial charge in [0.15, 0.2) is 11.6 Å². The number of anilines is 2. The van der Waals surface area contributed by atoms with E-state index in [-0.39, 0.29) is 18.7 Å². The molecular formula is C44H38N8O2. The van der Waals surface area contributed by atoms with E-state index in [0.717, 1.165) is 49.9 Å². The Balaban J connectivity index is 1.07. The Labute approximate surface area is 313 Å². The first-order chi connectivity index (χ1) is 26.7. The smallest absolute Gasteiger partial charge is 0.213 e. The molecule has 0 bridgehead atoms. The van der Waals surface area contributed by atoms with Crippen LogP contribution in [0, 0.1) is 0 Å². The van der Waals surface area contributed by atoms with Crippen LogP contribution >= 0.6 is 0 Å². The molecule has 0 spiro atoms. The highest BCUT2D eigenvalue weighted by molar-refractivity contribution is 5.91. The van der Waals surface area contributed by atoms with Crippen molar-refractivity contribution in [1.82, 2.24) is 29.9 Å². The molecule has 0 saturated heterocycles. The molecule has 0 amide bonds. The van der Waals surface area contributed by atoms with Crippen LogP contribution in [0.1, 0.15) is 11.1 Å². The van der Waals surface area contributed by atoms with Crippen LogP contribution in [0.4, 0.5) is 11.6 Å². The Kier molecular flexibility index (Phi) is 10.3. The summed E-state index contributed by atoms with van der Waals surface area (Å²) in [6.45, 7) is 0.251. The van der Waals surface area contributed by atoms with Crippen molar-refractivity contribution in [3.8, 4) is 28.7 Å². The van der Waals surface area contributed by atoms with Crippen LogP contribution in [0.5, 0.6) is 5.88 Å². The fourth-order valence-corrected chi connectivity index (χ4v) is 6.44. The molecule has 266 valence electrons. The lowest BCUT2D eigenvalue weighted by Crippen LogP contribution is -2.30. The average Bonchev–Trinajstić information content (AvgIpc) is 3.23. The van der Waals surface area contributed by atoms with Gasteiger partial charge in [-0.1, -0.05) is 84.9 Å². The standard InChI is InChI=1S/C44H38N8O2/c53-28-34(25-30-11-3-1-4-12-30)47-43-36-15-7-10-18-39(36)50-42(52-43)33-21-24-46-40(27-33)54-29-35(26-31-13-5-2-6-14-31)48-44-37-16-8-9-17-38(37)49-41(51-44)32-19-22-45-23-20-32/h1-24,27,34-35,53H,25-26,28-29H2,(H,47,50,52)(H,48,49,51)/t34-,35+/m1/s1. The molecule has 10 heteroatoms. The molecule has 4 aromatic carbocycles. The highest BCUT2D eigenvalue weighted by Crippen LogP contribution is 2.29. The number of rotatable bonds is 14. The minimum Gasteiger partial charge on any atom is -0.475 e. The lowest BCUT2D eigenvalue weighted by molar-refractivity contribution is 0.273. The van der Waals surface area contributed by atoms with E-state index in [1.807, 2.05) is 109 Å². The minimum atomic E-state index is -0.239. The van der Waals surface area contributed by atoms with E-state index in [0.29, 0.717) is 42.8 Å². The predicted octanol–water partition coefficient (Wildman–Crippen LogP) is 7.81. The Morgan fingerprint density at radius 2 is 1.06 bits per heavy atom. The zero-order chi connectivity index (χ0) is 36.5. The number of ether oxygens (including phenoxy) is 1. The monoisotopic (exact) mass is 710 g/mol. The van der Waals surface area contributed by atoms with Crippen molar-refractivity contribution in [2.75, 3.05) is 23.8 Å². The largest absolute Gasteiger partial charge is 0.475 e. The fourth-order valence-electron chi connectivity index (χ4n) is 6.44. The number of hydrogen-bond acceptors (Lipinski definition) is 10. The molecule has 4 heterocycles. The number of benzene rings is 4. The average molecular weight is 711 g/mol. The molecular weight excluding hydrogens is 673 g/mol. The molecule has 0 radical (unpaired) electrons. The highest BCUT2D eigenvalue weighted by Gasteiger charge is 2.18. The molecule has 2 atom stereocenters. The van der Waals surface area contributed by atoms with Crippen molar-refractivity contribution in [3.63, 3.8) is 0 Å². The third kappa shape index (κ3) is 8.14. The normalized spacial score (nSPS) is 12.3. The topological polar surface area (TPSA) is 131 Å². The van der Waals surface area contributed by atoms with Crippen LogP contribution in [0.15, 0.2) is 152 Å². The number of nitrogens with zero attached hydrogens (tertiary/aromatic N) is 6. The maximum atomic E-state index is 10.3. The van der Waals surface area contributed by atoms with Gasteiger partial charge in [-0.05, 0) is 66.4 Å². The molecule has 0 unspecified atom stereocenters. The number of nitrogens with one attached hydrogen (secondary N) is 2. The molecule has 0 aliphatic heterocycles. The summed E-state index contributed by atoms with van der Waals surface area (Å²) in [5.41, 5.74) is 5.55. The first kappa shape index (κ1) is 34.3. The zero-order valence-electron chi connectivity index (χ0n) is 29.5. The molecule has 0 fully saturated rings. The first-order valence-electron chi connectivity index (χ1n) is 17.9. The molecule has 0 saturated carbocycles. The van der Waals surface area contributed by atoms with Crippen LogP contribution in [0.3, 0.4) is 0 Å². The minimum absolute atomic E-state index is 0.0517. The van der Waals surface area contributed by atoms with Gasteiger partial charge in [0.1, 0.15) is 18.2 Å². The summed E-state index contributed by atoms with van der Waals surface area (Å²) in [6.07, 6.45) is 6.52. The van der Waals surface area contributed by atoms with Crippen molar-refractivity contribution in [3.05, 3.63) is 163 Å². The van der Waals surface area contributed by atoms with Gasteiger partial charge in [0.2, 0.25) is 5.88 Å². The van der Waals surface area contributed by atoms with Gasteiger partial charge in [0.25, 0.3) is 0 Å². The number of pyridine rings is 2. The van der Waals surface area contributed by atoms with Gasteiger partial charge >= 0.3 is 0 Å². The second-order valence-corrected chi connectivity index (χ2v) is 13.0. The summed E-state index contributed by atoms with van der Waals surface area (Å²) in [4.78, 5) is 28.4. The first-order valence-corrected chi connectivity index (χ1v) is 17.9. The van der Waals surface area contributed by atoms with Crippen LogP contribution in [0.25, 0.3) is 44.6 Å². The van der Waals surface area contributed by atoms with Crippen LogP contribution < -0.4 is 15.4 Å². The van der Waals surface area contributed by atoms with Gasteiger partial charge in [-0.3, -0.25) is 4.98 Å². The maximum absolute atomic E-state index is 10.3. The number of para-hydroxylation sites is 2. The van der Waals surface area contributed by atoms with E-state index in [1.165, 1.54) is 0 Å². The zero-order valence-corrected chi connectivity index (χ0v) is 29.5. The molecule has 3 N–H and O–H groups in total. The molecule has 4 aromatic heterocycles. The van der Waals surface area contributed by atoms with Gasteiger partial charge in [0.05, 0.1) is 29.7 Å². The van der Waals surface area contributed by atoms with Crippen LogP contribution in [-0.4, -0.2) is 60.3 Å². The second-order valence-electron chi connectivity index (χ2n) is 13.0. The summed E-state index contributed by atoms with van der Waals surface area (Å²) in [5, 5.41) is 19.3. The number of hydrogen-bond donors (Lipinski definition) is 3. The lowest BCUT2D eigenvalue weighted by Gasteiger charge is -2.21. The van der Waals surface area contributed by atoms with E-state index in [9.17, 15) is 5.11 Å². The SMILES string of the molecule is OC[C@@H](Cc1ccccc1)Nc1nc(-c2ccnc(OC[C@H](Cc3ccccc3)Nc3nc(-c4ccncc4)nc4ccccc34)c2)nc2ccccc12. The van der Waals surface area contributed by atoms with E-state index in [2.05, 4.69) is 44.9 Å². The number of fused-ring (bicyclic) bond motifs is 2. The molecule has 54 heavy (non-hydrogen) atoms. The van der Waals surface area contributed by atoms with Crippen molar-refractivity contribution in [1.29, 1.82) is 0 Å². The van der Waals surface area contributed by atoms with Gasteiger partial charge < -0.3 is 20.5 Å². The van der Waals surface area contributed by atoms with Gasteiger partial charge in [-0.15, -0.1) is 0 Å². The van der Waals surface area contributed by atoms with E-state index in [1.54, 1.807) is 18.6 Å². The molecule has 8 aromatic rings. The quantitative estimate of drug-likeness (QED) is 0.103. The Bertz CT molecular complexity index is 2470. The Morgan fingerprint density at radius 1 is 0.537 bits per heavy atom. The van der Waals surface area contributed by atoms with Gasteiger partial charge in [0, 0.05) is 46.6 Å². The Hall–Kier alpha value is -6.78. The van der Waals surface area contributed by atoms with Crippen molar-refractivity contribution in [2.24, 2.45) is 0 Å². The molecule has 0 aliphatic carbocycles. The third-order valence-corrected chi connectivity index (χ3v) is 9.12. The molecule has 10 nitrogen and oxygen atoms in total. The fraction of sp³-hybridized carbons (Fsp3) is 0.136. The maximum Gasteiger partial charge on any atom is 0.213 e. The summed E-state index contributed by atoms with van der Waals surface area (Å²) in [6, 6.07) is 43.4. The van der Waals surface area contributed by atoms with Crippen molar-refractivity contribution in [2.45, 2.75) is 24.9 Å². The third-order valence-electron chi connectivity index (χ3n) is 9.12. The van der Waals surface area contributed by atoms with Crippen molar-refractivity contribution < 1.29 is 9.84 Å².